The molecule has 8 heteroatoms. The van der Waals surface area contributed by atoms with E-state index in [2.05, 4.69) is 14.9 Å². The summed E-state index contributed by atoms with van der Waals surface area (Å²) in [5, 5.41) is 15.3. The van der Waals surface area contributed by atoms with Gasteiger partial charge in [-0.2, -0.15) is 0 Å². The van der Waals surface area contributed by atoms with Crippen molar-refractivity contribution in [3.05, 3.63) is 57.6 Å². The van der Waals surface area contributed by atoms with Crippen molar-refractivity contribution in [2.45, 2.75) is 37.6 Å². The first-order valence-electron chi connectivity index (χ1n) is 9.85. The fourth-order valence-corrected chi connectivity index (χ4v) is 4.85. The van der Waals surface area contributed by atoms with Gasteiger partial charge in [-0.15, -0.1) is 0 Å². The van der Waals surface area contributed by atoms with Gasteiger partial charge in [0.05, 0.1) is 16.0 Å². The Balaban J connectivity index is 1.51. The van der Waals surface area contributed by atoms with Crippen LogP contribution in [0.15, 0.2) is 34.8 Å². The fourth-order valence-electron chi connectivity index (χ4n) is 4.85. The lowest BCUT2D eigenvalue weighted by atomic mass is 9.75. The van der Waals surface area contributed by atoms with Gasteiger partial charge in [-0.3, -0.25) is 14.9 Å². The molecule has 2 aromatic heterocycles. The second-order valence-corrected chi connectivity index (χ2v) is 8.08. The third-order valence-corrected chi connectivity index (χ3v) is 6.47. The zero-order valence-corrected chi connectivity index (χ0v) is 15.6. The van der Waals surface area contributed by atoms with Crippen LogP contribution in [0.5, 0.6) is 0 Å². The van der Waals surface area contributed by atoms with Gasteiger partial charge < -0.3 is 14.3 Å². The highest BCUT2D eigenvalue weighted by atomic mass is 16.6. The van der Waals surface area contributed by atoms with E-state index in [1.807, 2.05) is 24.3 Å². The summed E-state index contributed by atoms with van der Waals surface area (Å²) in [5.41, 5.74) is 2.70. The molecule has 3 aromatic rings. The lowest BCUT2D eigenvalue weighted by molar-refractivity contribution is -0.376. The number of hydrogen-bond acceptors (Lipinski definition) is 5. The Morgan fingerprint density at radius 1 is 1.28 bits per heavy atom. The van der Waals surface area contributed by atoms with Crippen molar-refractivity contribution in [2.75, 3.05) is 6.54 Å². The number of allylic oxidation sites excluding steroid dienone is 1. The van der Waals surface area contributed by atoms with E-state index >= 15 is 0 Å². The van der Waals surface area contributed by atoms with Crippen molar-refractivity contribution >= 4 is 22.5 Å². The standard InChI is InChI=1S/C21H18N4O4/c26-19-16-9-12-5-6-13(10-15(12)24(16)21(11-22-19)7-2-8-21)20-23-18-14(25(27)28)3-1-4-17(18)29-20/h3,5-6,9-10H,1-2,4,7-8,11H2,(H,22,26). The number of nitrogens with zero attached hydrogens (tertiary/aromatic N) is 3. The number of fused-ring (bicyclic) bond motifs is 5. The number of carbonyl (C=O) groups is 1. The average Bonchev–Trinajstić information content (AvgIpc) is 3.28. The quantitative estimate of drug-likeness (QED) is 0.533. The van der Waals surface area contributed by atoms with E-state index in [1.165, 1.54) is 0 Å². The van der Waals surface area contributed by atoms with Crippen LogP contribution in [0.2, 0.25) is 0 Å². The minimum atomic E-state index is -0.407. The third-order valence-electron chi connectivity index (χ3n) is 6.47. The Labute approximate surface area is 165 Å². The minimum absolute atomic E-state index is 0.00693. The molecule has 0 unspecified atom stereocenters. The molecule has 6 rings (SSSR count). The number of nitro groups is 1. The molecule has 1 saturated carbocycles. The Kier molecular flexibility index (Phi) is 3.17. The van der Waals surface area contributed by atoms with Gasteiger partial charge in [0.2, 0.25) is 5.89 Å². The first kappa shape index (κ1) is 16.5. The lowest BCUT2D eigenvalue weighted by Gasteiger charge is -2.47. The fraction of sp³-hybridized carbons (Fsp3) is 0.333. The first-order valence-corrected chi connectivity index (χ1v) is 9.85. The van der Waals surface area contributed by atoms with Crippen molar-refractivity contribution in [3.63, 3.8) is 0 Å². The monoisotopic (exact) mass is 390 g/mol. The van der Waals surface area contributed by atoms with Crippen molar-refractivity contribution in [1.82, 2.24) is 14.9 Å². The highest BCUT2D eigenvalue weighted by molar-refractivity contribution is 6.00. The van der Waals surface area contributed by atoms with E-state index in [9.17, 15) is 14.9 Å². The maximum absolute atomic E-state index is 12.4. The number of aryl methyl sites for hydroxylation is 1. The summed E-state index contributed by atoms with van der Waals surface area (Å²) in [6.45, 7) is 0.650. The van der Waals surface area contributed by atoms with Crippen molar-refractivity contribution in [2.24, 2.45) is 0 Å². The van der Waals surface area contributed by atoms with Gasteiger partial charge >= 0.3 is 0 Å². The first-order chi connectivity index (χ1) is 14.1. The number of amides is 1. The van der Waals surface area contributed by atoms with Gasteiger partial charge in [0.25, 0.3) is 11.6 Å². The number of hydrogen-bond donors (Lipinski definition) is 1. The summed E-state index contributed by atoms with van der Waals surface area (Å²) in [4.78, 5) is 27.8. The molecule has 29 heavy (non-hydrogen) atoms. The molecule has 1 N–H and O–H groups in total. The highest BCUT2D eigenvalue weighted by Gasteiger charge is 2.44. The molecule has 2 aliphatic carbocycles. The van der Waals surface area contributed by atoms with Crippen LogP contribution in [0.4, 0.5) is 0 Å². The van der Waals surface area contributed by atoms with Gasteiger partial charge in [0.15, 0.2) is 5.69 Å². The number of aromatic nitrogens is 2. The van der Waals surface area contributed by atoms with E-state index in [-0.39, 0.29) is 17.1 Å². The molecule has 3 heterocycles. The Bertz CT molecular complexity index is 1250. The molecule has 0 atom stereocenters. The zero-order chi connectivity index (χ0) is 19.8. The van der Waals surface area contributed by atoms with Crippen LogP contribution in [0.1, 0.15) is 47.6 Å². The van der Waals surface area contributed by atoms with Gasteiger partial charge in [0, 0.05) is 23.9 Å². The summed E-state index contributed by atoms with van der Waals surface area (Å²) < 4.78 is 8.09. The van der Waals surface area contributed by atoms with Crippen LogP contribution in [0.25, 0.3) is 28.1 Å². The van der Waals surface area contributed by atoms with Crippen LogP contribution in [0.3, 0.4) is 0 Å². The molecule has 8 nitrogen and oxygen atoms in total. The summed E-state index contributed by atoms with van der Waals surface area (Å²) in [5.74, 6) is 0.888. The Morgan fingerprint density at radius 2 is 2.14 bits per heavy atom. The number of nitrogens with one attached hydrogen (secondary N) is 1. The van der Waals surface area contributed by atoms with Crippen LogP contribution < -0.4 is 5.32 Å². The molecule has 1 fully saturated rings. The second-order valence-electron chi connectivity index (χ2n) is 8.08. The van der Waals surface area contributed by atoms with Gasteiger partial charge in [-0.05, 0) is 50.0 Å². The second kappa shape index (κ2) is 5.56. The summed E-state index contributed by atoms with van der Waals surface area (Å²) in [6.07, 6.45) is 6.00. The zero-order valence-electron chi connectivity index (χ0n) is 15.6. The smallest absolute Gasteiger partial charge is 0.294 e. The molecule has 146 valence electrons. The van der Waals surface area contributed by atoms with Crippen molar-refractivity contribution < 1.29 is 14.1 Å². The van der Waals surface area contributed by atoms with Gasteiger partial charge in [-0.1, -0.05) is 6.07 Å². The van der Waals surface area contributed by atoms with Crippen LogP contribution in [-0.4, -0.2) is 26.9 Å². The number of rotatable bonds is 2. The number of benzene rings is 1. The Hall–Kier alpha value is -3.42. The highest BCUT2D eigenvalue weighted by Crippen LogP contribution is 2.44. The molecule has 0 bridgehead atoms. The minimum Gasteiger partial charge on any atom is -0.440 e. The largest absolute Gasteiger partial charge is 0.440 e. The molecule has 0 saturated heterocycles. The summed E-state index contributed by atoms with van der Waals surface area (Å²) in [7, 11) is 0. The predicted molar refractivity (Wildman–Crippen MR) is 105 cm³/mol. The van der Waals surface area contributed by atoms with E-state index in [1.54, 1.807) is 6.08 Å². The molecule has 3 aliphatic rings. The van der Waals surface area contributed by atoms with Crippen LogP contribution in [0, 0.1) is 10.1 Å². The summed E-state index contributed by atoms with van der Waals surface area (Å²) in [6, 6.07) is 7.78. The molecule has 1 amide bonds. The summed E-state index contributed by atoms with van der Waals surface area (Å²) >= 11 is 0. The lowest BCUT2D eigenvalue weighted by Crippen LogP contribution is -2.55. The Morgan fingerprint density at radius 3 is 2.90 bits per heavy atom. The molecule has 1 aromatic carbocycles. The van der Waals surface area contributed by atoms with E-state index in [0.717, 1.165) is 35.7 Å². The average molecular weight is 390 g/mol. The molecular weight excluding hydrogens is 372 g/mol. The van der Waals surface area contributed by atoms with E-state index in [0.29, 0.717) is 42.4 Å². The van der Waals surface area contributed by atoms with Gasteiger partial charge in [-0.25, -0.2) is 4.98 Å². The van der Waals surface area contributed by atoms with Crippen LogP contribution in [-0.2, 0) is 12.0 Å². The SMILES string of the molecule is O=C1NCC2(CCC2)n2c1cc1ccc(-c3nc4c(o3)CCC=C4[N+](=O)[O-])cc12. The number of oxazole rings is 1. The predicted octanol–water partition coefficient (Wildman–Crippen LogP) is 3.48. The number of carbonyl (C=O) groups excluding carboxylic acids is 1. The van der Waals surface area contributed by atoms with Gasteiger partial charge in [0.1, 0.15) is 11.5 Å². The maximum atomic E-state index is 12.4. The van der Waals surface area contributed by atoms with E-state index in [4.69, 9.17) is 4.42 Å². The van der Waals surface area contributed by atoms with Crippen LogP contribution >= 0.6 is 0 Å². The third kappa shape index (κ3) is 2.19. The van der Waals surface area contributed by atoms with E-state index < -0.39 is 4.92 Å². The van der Waals surface area contributed by atoms with Crippen molar-refractivity contribution in [1.29, 1.82) is 0 Å². The maximum Gasteiger partial charge on any atom is 0.294 e. The topological polar surface area (TPSA) is 103 Å². The van der Waals surface area contributed by atoms with Crippen molar-refractivity contribution in [3.8, 4) is 11.5 Å². The molecule has 1 aliphatic heterocycles. The molecule has 1 spiro atoms. The normalized spacial score (nSPS) is 19.3. The molecule has 0 radical (unpaired) electrons. The molecular formula is C21H18N4O4.